The second-order valence-electron chi connectivity index (χ2n) is 11.3. The van der Waals surface area contributed by atoms with Crippen LogP contribution in [0.15, 0.2) is 48.5 Å². The van der Waals surface area contributed by atoms with Crippen LogP contribution in [-0.2, 0) is 10.3 Å². The molecule has 0 aromatic heterocycles. The van der Waals surface area contributed by atoms with Crippen LogP contribution in [0.2, 0.25) is 0 Å². The Bertz CT molecular complexity index is 1700. The summed E-state index contributed by atoms with van der Waals surface area (Å²) >= 11 is 0. The van der Waals surface area contributed by atoms with E-state index >= 15 is 35.1 Å². The summed E-state index contributed by atoms with van der Waals surface area (Å²) in [5, 5.41) is 0. The van der Waals surface area contributed by atoms with Crippen molar-refractivity contribution in [1.29, 1.82) is 0 Å². The zero-order chi connectivity index (χ0) is 34.8. The minimum Gasteiger partial charge on any atom is -0.481 e. The predicted octanol–water partition coefficient (Wildman–Crippen LogP) is 11.5. The van der Waals surface area contributed by atoms with Crippen molar-refractivity contribution in [3.63, 3.8) is 0 Å². The number of ether oxygens (including phenoxy) is 3. The summed E-state index contributed by atoms with van der Waals surface area (Å²) in [5.74, 6) is -21.3. The van der Waals surface area contributed by atoms with E-state index in [0.717, 1.165) is 0 Å². The van der Waals surface area contributed by atoms with Gasteiger partial charge in [0.2, 0.25) is 29.0 Å². The highest BCUT2D eigenvalue weighted by Crippen LogP contribution is 2.45. The molecule has 3 nitrogen and oxygen atoms in total. The monoisotopic (exact) mass is 666 g/mol. The van der Waals surface area contributed by atoms with Crippen molar-refractivity contribution in [2.75, 3.05) is 7.11 Å². The van der Waals surface area contributed by atoms with Crippen molar-refractivity contribution < 1.29 is 49.3 Å². The summed E-state index contributed by atoms with van der Waals surface area (Å²) in [5.41, 5.74) is -4.52. The van der Waals surface area contributed by atoms with Crippen LogP contribution in [0, 0.1) is 46.5 Å². The van der Waals surface area contributed by atoms with Gasteiger partial charge in [-0.1, -0.05) is 64.1 Å². The lowest BCUT2D eigenvalue weighted by atomic mass is 9.86. The SMILES string of the molecule is CCC(C)(CC)Oc1c(F)c(F)c(-c2c(F)c(F)c(Oc3ccc(C(CC)(CC)OC)cc3-c3ccccc3)c(F)c2F)c(F)c1F. The molecular weight excluding hydrogens is 632 g/mol. The number of benzene rings is 4. The zero-order valence-electron chi connectivity index (χ0n) is 26.7. The second kappa shape index (κ2) is 13.9. The number of halogens is 8. The van der Waals surface area contributed by atoms with Gasteiger partial charge in [-0.05, 0) is 55.9 Å². The molecule has 0 bridgehead atoms. The molecular formula is C36H34F8O3. The first-order valence-electron chi connectivity index (χ1n) is 15.1. The highest BCUT2D eigenvalue weighted by molar-refractivity contribution is 5.73. The molecule has 0 spiro atoms. The average molecular weight is 667 g/mol. The molecule has 0 unspecified atom stereocenters. The first-order valence-corrected chi connectivity index (χ1v) is 15.1. The lowest BCUT2D eigenvalue weighted by Crippen LogP contribution is -2.31. The highest BCUT2D eigenvalue weighted by atomic mass is 19.2. The molecule has 0 aliphatic heterocycles. The number of rotatable bonds is 12. The Labute approximate surface area is 268 Å². The standard InChI is InChI=1S/C36H34F8O3/c1-7-35(5,8-2)47-34-31(43)27(39)24(28(40)32(34)44)23-25(37)29(41)33(30(42)26(23)38)46-22-17-16-20(36(9-3,10-4)45-6)18-21(22)19-14-12-11-13-15-19/h11-18H,7-10H2,1-6H3. The van der Waals surface area contributed by atoms with E-state index in [0.29, 0.717) is 24.0 Å². The van der Waals surface area contributed by atoms with Crippen molar-refractivity contribution in [1.82, 2.24) is 0 Å². The van der Waals surface area contributed by atoms with E-state index in [-0.39, 0.29) is 24.2 Å². The maximum Gasteiger partial charge on any atom is 0.205 e. The van der Waals surface area contributed by atoms with Crippen molar-refractivity contribution in [2.45, 2.75) is 71.5 Å². The molecule has 0 amide bonds. The van der Waals surface area contributed by atoms with Gasteiger partial charge in [0, 0.05) is 12.7 Å². The molecule has 0 fully saturated rings. The molecule has 0 radical (unpaired) electrons. The van der Waals surface area contributed by atoms with E-state index in [1.807, 2.05) is 13.8 Å². The molecule has 11 heteroatoms. The van der Waals surface area contributed by atoms with Crippen LogP contribution in [0.3, 0.4) is 0 Å². The van der Waals surface area contributed by atoms with E-state index in [9.17, 15) is 0 Å². The smallest absolute Gasteiger partial charge is 0.205 e. The summed E-state index contributed by atoms with van der Waals surface area (Å²) in [6.45, 7) is 8.45. The first kappa shape index (κ1) is 35.7. The van der Waals surface area contributed by atoms with Gasteiger partial charge in [-0.15, -0.1) is 0 Å². The van der Waals surface area contributed by atoms with E-state index in [1.54, 1.807) is 56.3 Å². The van der Waals surface area contributed by atoms with Crippen LogP contribution in [0.5, 0.6) is 17.2 Å². The minimum atomic E-state index is -2.34. The number of methoxy groups -OCH3 is 1. The van der Waals surface area contributed by atoms with Gasteiger partial charge in [0.25, 0.3) is 0 Å². The molecule has 0 N–H and O–H groups in total. The average Bonchev–Trinajstić information content (AvgIpc) is 3.10. The predicted molar refractivity (Wildman–Crippen MR) is 162 cm³/mol. The van der Waals surface area contributed by atoms with Crippen LogP contribution < -0.4 is 9.47 Å². The molecule has 0 saturated carbocycles. The van der Waals surface area contributed by atoms with Crippen molar-refractivity contribution >= 4 is 0 Å². The summed E-state index contributed by atoms with van der Waals surface area (Å²) in [7, 11) is 1.54. The van der Waals surface area contributed by atoms with Gasteiger partial charge in [0.15, 0.2) is 29.0 Å². The lowest BCUT2D eigenvalue weighted by molar-refractivity contribution is -0.0217. The number of hydrogen-bond donors (Lipinski definition) is 0. The molecule has 4 aromatic rings. The third-order valence-corrected chi connectivity index (χ3v) is 8.88. The number of hydrogen-bond acceptors (Lipinski definition) is 3. The van der Waals surface area contributed by atoms with E-state index in [2.05, 4.69) is 0 Å². The maximum absolute atomic E-state index is 15.5. The van der Waals surface area contributed by atoms with Gasteiger partial charge in [0.1, 0.15) is 11.4 Å². The van der Waals surface area contributed by atoms with Crippen LogP contribution in [0.1, 0.15) is 65.9 Å². The molecule has 4 rings (SSSR count). The largest absolute Gasteiger partial charge is 0.481 e. The normalized spacial score (nSPS) is 12.0. The van der Waals surface area contributed by atoms with Crippen LogP contribution in [-0.4, -0.2) is 12.7 Å². The van der Waals surface area contributed by atoms with Crippen LogP contribution >= 0.6 is 0 Å². The Morgan fingerprint density at radius 2 is 1.04 bits per heavy atom. The van der Waals surface area contributed by atoms with Gasteiger partial charge in [-0.3, -0.25) is 0 Å². The van der Waals surface area contributed by atoms with Crippen molar-refractivity contribution in [3.05, 3.63) is 101 Å². The van der Waals surface area contributed by atoms with Gasteiger partial charge in [-0.25, -0.2) is 17.6 Å². The van der Waals surface area contributed by atoms with Crippen LogP contribution in [0.25, 0.3) is 22.3 Å². The first-order chi connectivity index (χ1) is 22.2. The second-order valence-corrected chi connectivity index (χ2v) is 11.3. The van der Waals surface area contributed by atoms with Gasteiger partial charge < -0.3 is 14.2 Å². The summed E-state index contributed by atoms with van der Waals surface area (Å²) in [6.07, 6.45) is 1.47. The maximum atomic E-state index is 15.5. The van der Waals surface area contributed by atoms with Crippen molar-refractivity contribution in [2.24, 2.45) is 0 Å². The molecule has 0 atom stereocenters. The van der Waals surface area contributed by atoms with E-state index in [1.165, 1.54) is 20.1 Å². The molecule has 4 aromatic carbocycles. The molecule has 252 valence electrons. The zero-order valence-corrected chi connectivity index (χ0v) is 26.7. The summed E-state index contributed by atoms with van der Waals surface area (Å²) < 4.78 is 139. The fourth-order valence-corrected chi connectivity index (χ4v) is 5.40. The van der Waals surface area contributed by atoms with E-state index < -0.39 is 80.4 Å². The molecule has 47 heavy (non-hydrogen) atoms. The van der Waals surface area contributed by atoms with Crippen molar-refractivity contribution in [3.8, 4) is 39.5 Å². The summed E-state index contributed by atoms with van der Waals surface area (Å²) in [6, 6.07) is 13.0. The third kappa shape index (κ3) is 6.29. The third-order valence-electron chi connectivity index (χ3n) is 8.88. The molecule has 0 aliphatic carbocycles. The molecule has 0 aliphatic rings. The Morgan fingerprint density at radius 1 is 0.574 bits per heavy atom. The molecule has 0 saturated heterocycles. The Morgan fingerprint density at radius 3 is 1.47 bits per heavy atom. The van der Waals surface area contributed by atoms with Gasteiger partial charge in [0.05, 0.1) is 16.7 Å². The highest BCUT2D eigenvalue weighted by Gasteiger charge is 2.37. The summed E-state index contributed by atoms with van der Waals surface area (Å²) in [4.78, 5) is 0. The Hall–Kier alpha value is -4.12. The quantitative estimate of drug-likeness (QED) is 0.111. The fraction of sp³-hybridized carbons (Fsp3) is 0.333. The van der Waals surface area contributed by atoms with Gasteiger partial charge >= 0.3 is 0 Å². The van der Waals surface area contributed by atoms with Crippen LogP contribution in [0.4, 0.5) is 35.1 Å². The fourth-order valence-electron chi connectivity index (χ4n) is 5.40. The minimum absolute atomic E-state index is 0.174. The lowest BCUT2D eigenvalue weighted by Gasteiger charge is -2.31. The molecule has 0 heterocycles. The van der Waals surface area contributed by atoms with Gasteiger partial charge in [-0.2, -0.15) is 17.6 Å². The topological polar surface area (TPSA) is 27.7 Å². The Balaban J connectivity index is 1.90. The Kier molecular flexibility index (Phi) is 10.6. The van der Waals surface area contributed by atoms with E-state index in [4.69, 9.17) is 14.2 Å².